The minimum absolute atomic E-state index is 0.781. The van der Waals surface area contributed by atoms with Crippen molar-refractivity contribution < 1.29 is 0 Å². The molecule has 1 saturated carbocycles. The highest BCUT2D eigenvalue weighted by molar-refractivity contribution is 9.09. The van der Waals surface area contributed by atoms with Gasteiger partial charge in [0.25, 0.3) is 0 Å². The third kappa shape index (κ3) is 2.47. The van der Waals surface area contributed by atoms with Crippen LogP contribution in [0.15, 0.2) is 0 Å². The Bertz CT molecular complexity index is 120. The number of hydrogen-bond donors (Lipinski definition) is 0. The van der Waals surface area contributed by atoms with Crippen LogP contribution in [0.4, 0.5) is 0 Å². The maximum Gasteiger partial charge on any atom is 0.0174 e. The molecule has 0 bridgehead atoms. The van der Waals surface area contributed by atoms with Crippen molar-refractivity contribution in [3.63, 3.8) is 0 Å². The Morgan fingerprint density at radius 1 is 1.27 bits per heavy atom. The summed E-state index contributed by atoms with van der Waals surface area (Å²) in [6, 6.07) is 0. The highest BCUT2D eigenvalue weighted by Gasteiger charge is 2.27. The van der Waals surface area contributed by atoms with Crippen molar-refractivity contribution >= 4 is 15.9 Å². The zero-order valence-electron chi connectivity index (χ0n) is 7.81. The first-order valence-electron chi connectivity index (χ1n) is 4.75. The summed E-state index contributed by atoms with van der Waals surface area (Å²) in [5.74, 6) is 2.74. The monoisotopic (exact) mass is 218 g/mol. The predicted octanol–water partition coefficient (Wildman–Crippen LogP) is 3.84. The Labute approximate surface area is 78.9 Å². The molecule has 1 aliphatic carbocycles. The molecule has 0 aliphatic heterocycles. The lowest BCUT2D eigenvalue weighted by Crippen LogP contribution is -2.25. The Hall–Kier alpha value is 0.480. The fourth-order valence-electron chi connectivity index (χ4n) is 1.90. The maximum absolute atomic E-state index is 3.76. The van der Waals surface area contributed by atoms with E-state index >= 15 is 0 Å². The van der Waals surface area contributed by atoms with Gasteiger partial charge in [-0.3, -0.25) is 0 Å². The van der Waals surface area contributed by atoms with Crippen LogP contribution < -0.4 is 0 Å². The molecule has 1 aliphatic rings. The van der Waals surface area contributed by atoms with E-state index in [0.29, 0.717) is 0 Å². The van der Waals surface area contributed by atoms with Gasteiger partial charge in [0.05, 0.1) is 0 Å². The quantitative estimate of drug-likeness (QED) is 0.588. The van der Waals surface area contributed by atoms with Crippen molar-refractivity contribution in [3.8, 4) is 0 Å². The van der Waals surface area contributed by atoms with Crippen LogP contribution in [0.25, 0.3) is 0 Å². The number of hydrogen-bond acceptors (Lipinski definition) is 0. The summed E-state index contributed by atoms with van der Waals surface area (Å²) in [5, 5.41) is 0. The molecule has 3 unspecified atom stereocenters. The van der Waals surface area contributed by atoms with E-state index in [1.54, 1.807) is 0 Å². The number of rotatable bonds is 1. The molecule has 66 valence electrons. The largest absolute Gasteiger partial charge is 0.0888 e. The molecule has 0 aromatic rings. The topological polar surface area (TPSA) is 0 Å². The van der Waals surface area contributed by atoms with Crippen molar-refractivity contribution in [2.75, 3.05) is 0 Å². The molecule has 0 N–H and O–H groups in total. The van der Waals surface area contributed by atoms with E-state index in [9.17, 15) is 0 Å². The first kappa shape index (κ1) is 9.57. The standard InChI is InChI=1S/C10H19Br/c1-7(2)9-5-4-8(3)10(11)6-9/h7-10H,4-6H2,1-3H3. The average Bonchev–Trinajstić information content (AvgIpc) is 1.94. The normalized spacial score (nSPS) is 39.5. The molecule has 0 heterocycles. The Kier molecular flexibility index (Phi) is 3.42. The van der Waals surface area contributed by atoms with Crippen molar-refractivity contribution in [2.24, 2.45) is 17.8 Å². The molecular weight excluding hydrogens is 200 g/mol. The Morgan fingerprint density at radius 2 is 1.91 bits per heavy atom. The summed E-state index contributed by atoms with van der Waals surface area (Å²) in [6.45, 7) is 7.05. The summed E-state index contributed by atoms with van der Waals surface area (Å²) < 4.78 is 0. The van der Waals surface area contributed by atoms with Crippen LogP contribution in [0.1, 0.15) is 40.0 Å². The van der Waals surface area contributed by atoms with Gasteiger partial charge in [-0.25, -0.2) is 0 Å². The van der Waals surface area contributed by atoms with Gasteiger partial charge in [-0.05, 0) is 37.0 Å². The molecule has 3 atom stereocenters. The second-order valence-corrected chi connectivity index (χ2v) is 5.49. The highest BCUT2D eigenvalue weighted by Crippen LogP contribution is 2.36. The number of halogens is 1. The molecule has 11 heavy (non-hydrogen) atoms. The minimum Gasteiger partial charge on any atom is -0.0888 e. The first-order chi connectivity index (χ1) is 5.11. The van der Waals surface area contributed by atoms with Crippen molar-refractivity contribution in [1.29, 1.82) is 0 Å². The summed E-state index contributed by atoms with van der Waals surface area (Å²) in [6.07, 6.45) is 4.25. The van der Waals surface area contributed by atoms with E-state index < -0.39 is 0 Å². The maximum atomic E-state index is 3.76. The molecule has 0 saturated heterocycles. The molecule has 1 rings (SSSR count). The lowest BCUT2D eigenvalue weighted by molar-refractivity contribution is 0.244. The fraction of sp³-hybridized carbons (Fsp3) is 1.00. The highest BCUT2D eigenvalue weighted by atomic mass is 79.9. The molecular formula is C10H19Br. The smallest absolute Gasteiger partial charge is 0.0174 e. The number of alkyl halides is 1. The lowest BCUT2D eigenvalue weighted by atomic mass is 9.77. The van der Waals surface area contributed by atoms with E-state index in [-0.39, 0.29) is 0 Å². The van der Waals surface area contributed by atoms with Gasteiger partial charge < -0.3 is 0 Å². The fourth-order valence-corrected chi connectivity index (χ4v) is 2.65. The predicted molar refractivity (Wildman–Crippen MR) is 54.1 cm³/mol. The zero-order valence-corrected chi connectivity index (χ0v) is 9.39. The Morgan fingerprint density at radius 3 is 2.36 bits per heavy atom. The van der Waals surface area contributed by atoms with Crippen molar-refractivity contribution in [2.45, 2.75) is 44.9 Å². The van der Waals surface area contributed by atoms with Crippen molar-refractivity contribution in [3.05, 3.63) is 0 Å². The third-order valence-electron chi connectivity index (χ3n) is 3.08. The zero-order chi connectivity index (χ0) is 8.43. The van der Waals surface area contributed by atoms with Gasteiger partial charge in [0.15, 0.2) is 0 Å². The summed E-state index contributed by atoms with van der Waals surface area (Å²) in [4.78, 5) is 0.781. The average molecular weight is 219 g/mol. The molecule has 0 aromatic heterocycles. The van der Waals surface area contributed by atoms with Crippen LogP contribution in [0, 0.1) is 17.8 Å². The van der Waals surface area contributed by atoms with Crippen LogP contribution in [-0.4, -0.2) is 4.83 Å². The van der Waals surface area contributed by atoms with Crippen LogP contribution >= 0.6 is 15.9 Å². The summed E-state index contributed by atoms with van der Waals surface area (Å²) >= 11 is 3.76. The van der Waals surface area contributed by atoms with E-state index in [4.69, 9.17) is 0 Å². The second-order valence-electron chi connectivity index (χ2n) is 4.31. The molecule has 1 heteroatoms. The molecule has 0 nitrogen and oxygen atoms in total. The van der Waals surface area contributed by atoms with E-state index in [0.717, 1.165) is 22.6 Å². The summed E-state index contributed by atoms with van der Waals surface area (Å²) in [7, 11) is 0. The van der Waals surface area contributed by atoms with Gasteiger partial charge in [-0.1, -0.05) is 36.7 Å². The molecule has 0 radical (unpaired) electrons. The van der Waals surface area contributed by atoms with E-state index in [1.165, 1.54) is 19.3 Å². The van der Waals surface area contributed by atoms with Crippen molar-refractivity contribution in [1.82, 2.24) is 0 Å². The van der Waals surface area contributed by atoms with E-state index in [2.05, 4.69) is 36.7 Å². The van der Waals surface area contributed by atoms with Gasteiger partial charge in [-0.2, -0.15) is 0 Å². The van der Waals surface area contributed by atoms with Gasteiger partial charge in [-0.15, -0.1) is 0 Å². The molecule has 0 aromatic carbocycles. The minimum atomic E-state index is 0.781. The van der Waals surface area contributed by atoms with E-state index in [1.807, 2.05) is 0 Å². The molecule has 0 spiro atoms. The van der Waals surface area contributed by atoms with Gasteiger partial charge in [0, 0.05) is 4.83 Å². The van der Waals surface area contributed by atoms with Gasteiger partial charge in [0.2, 0.25) is 0 Å². The van der Waals surface area contributed by atoms with Crippen LogP contribution in [0.3, 0.4) is 0 Å². The van der Waals surface area contributed by atoms with Crippen LogP contribution in [0.5, 0.6) is 0 Å². The SMILES string of the molecule is CC(C)C1CCC(C)C(Br)C1. The van der Waals surface area contributed by atoms with Gasteiger partial charge in [0.1, 0.15) is 0 Å². The third-order valence-corrected chi connectivity index (χ3v) is 4.36. The molecule has 1 fully saturated rings. The Balaban J connectivity index is 2.40. The van der Waals surface area contributed by atoms with Crippen LogP contribution in [-0.2, 0) is 0 Å². The molecule has 0 amide bonds. The second kappa shape index (κ2) is 3.93. The summed E-state index contributed by atoms with van der Waals surface area (Å²) in [5.41, 5.74) is 0. The lowest BCUT2D eigenvalue weighted by Gasteiger charge is -2.33. The van der Waals surface area contributed by atoms with Gasteiger partial charge >= 0.3 is 0 Å². The first-order valence-corrected chi connectivity index (χ1v) is 5.67. The van der Waals surface area contributed by atoms with Crippen LogP contribution in [0.2, 0.25) is 0 Å².